The molecule has 3 aromatic rings. The second-order valence-electron chi connectivity index (χ2n) is 7.66. The Bertz CT molecular complexity index is 1180. The van der Waals surface area contributed by atoms with E-state index in [1.807, 2.05) is 30.0 Å². The molecule has 1 aliphatic rings. The summed E-state index contributed by atoms with van der Waals surface area (Å²) in [5, 5.41) is 7.46. The van der Waals surface area contributed by atoms with Gasteiger partial charge < -0.3 is 10.2 Å². The van der Waals surface area contributed by atoms with Crippen LogP contribution in [0.2, 0.25) is 0 Å². The minimum Gasteiger partial charge on any atom is -0.354 e. The van der Waals surface area contributed by atoms with Crippen LogP contribution in [-0.2, 0) is 4.79 Å². The van der Waals surface area contributed by atoms with Gasteiger partial charge in [0.05, 0.1) is 11.6 Å². The SMILES string of the molecule is Cc1cc(Br)ccc1NC(=O)C1CCCN(c2ccc(=O)n(-c3cccc(F)c3)n2)C1. The molecule has 1 N–H and O–H groups in total. The van der Waals surface area contributed by atoms with Gasteiger partial charge in [-0.15, -0.1) is 5.10 Å². The van der Waals surface area contributed by atoms with E-state index in [0.717, 1.165) is 35.1 Å². The van der Waals surface area contributed by atoms with E-state index >= 15 is 0 Å². The second-order valence-corrected chi connectivity index (χ2v) is 8.57. The van der Waals surface area contributed by atoms with E-state index in [-0.39, 0.29) is 17.4 Å². The smallest absolute Gasteiger partial charge is 0.271 e. The van der Waals surface area contributed by atoms with Crippen molar-refractivity contribution < 1.29 is 9.18 Å². The van der Waals surface area contributed by atoms with Crippen molar-refractivity contribution in [2.45, 2.75) is 19.8 Å². The number of aryl methyl sites for hydroxylation is 1. The number of nitrogens with one attached hydrogen (secondary N) is 1. The van der Waals surface area contributed by atoms with Crippen molar-refractivity contribution in [2.24, 2.45) is 5.92 Å². The van der Waals surface area contributed by atoms with Crippen LogP contribution < -0.4 is 15.8 Å². The van der Waals surface area contributed by atoms with E-state index in [4.69, 9.17) is 0 Å². The van der Waals surface area contributed by atoms with Crippen LogP contribution >= 0.6 is 15.9 Å². The summed E-state index contributed by atoms with van der Waals surface area (Å²) in [4.78, 5) is 27.2. The average molecular weight is 485 g/mol. The van der Waals surface area contributed by atoms with Crippen molar-refractivity contribution in [3.8, 4) is 5.69 Å². The van der Waals surface area contributed by atoms with Crippen molar-refractivity contribution >= 4 is 33.3 Å². The number of halogens is 2. The topological polar surface area (TPSA) is 67.2 Å². The van der Waals surface area contributed by atoms with Gasteiger partial charge in [-0.25, -0.2) is 4.39 Å². The van der Waals surface area contributed by atoms with Crippen LogP contribution in [0.4, 0.5) is 15.9 Å². The highest BCUT2D eigenvalue weighted by molar-refractivity contribution is 9.10. The summed E-state index contributed by atoms with van der Waals surface area (Å²) in [5.41, 5.74) is 1.80. The van der Waals surface area contributed by atoms with Gasteiger partial charge in [-0.1, -0.05) is 22.0 Å². The lowest BCUT2D eigenvalue weighted by molar-refractivity contribution is -0.120. The molecule has 0 aliphatic carbocycles. The molecule has 1 fully saturated rings. The van der Waals surface area contributed by atoms with Crippen molar-refractivity contribution in [1.82, 2.24) is 9.78 Å². The molecule has 0 bridgehead atoms. The Hall–Kier alpha value is -3.00. The maximum Gasteiger partial charge on any atom is 0.271 e. The molecule has 31 heavy (non-hydrogen) atoms. The minimum atomic E-state index is -0.436. The predicted molar refractivity (Wildman–Crippen MR) is 122 cm³/mol. The zero-order valence-electron chi connectivity index (χ0n) is 17.0. The summed E-state index contributed by atoms with van der Waals surface area (Å²) in [6, 6.07) is 14.6. The fourth-order valence-electron chi connectivity index (χ4n) is 3.76. The Morgan fingerprint density at radius 3 is 2.81 bits per heavy atom. The summed E-state index contributed by atoms with van der Waals surface area (Å²) in [7, 11) is 0. The van der Waals surface area contributed by atoms with E-state index in [9.17, 15) is 14.0 Å². The number of hydrogen-bond donors (Lipinski definition) is 1. The first-order chi connectivity index (χ1) is 14.9. The van der Waals surface area contributed by atoms with Crippen LogP contribution in [0.3, 0.4) is 0 Å². The zero-order chi connectivity index (χ0) is 22.0. The lowest BCUT2D eigenvalue weighted by Gasteiger charge is -2.33. The molecular formula is C23H22BrFN4O2. The number of hydrogen-bond acceptors (Lipinski definition) is 4. The highest BCUT2D eigenvalue weighted by Crippen LogP contribution is 2.25. The van der Waals surface area contributed by atoms with Gasteiger partial charge in [0.1, 0.15) is 11.6 Å². The molecule has 0 spiro atoms. The third-order valence-corrected chi connectivity index (χ3v) is 5.89. The van der Waals surface area contributed by atoms with Crippen LogP contribution in [-0.4, -0.2) is 28.8 Å². The standard InChI is InChI=1S/C23H22BrFN4O2/c1-15-12-17(24)7-8-20(15)26-23(31)16-4-3-11-28(14-16)21-9-10-22(30)29(27-21)19-6-2-5-18(25)13-19/h2,5-10,12-13,16H,3-4,11,14H2,1H3,(H,26,31). The first kappa shape index (κ1) is 21.2. The molecule has 1 aromatic heterocycles. The molecule has 2 aromatic carbocycles. The number of anilines is 2. The second kappa shape index (κ2) is 9.01. The molecule has 1 saturated heterocycles. The monoisotopic (exact) mass is 484 g/mol. The van der Waals surface area contributed by atoms with E-state index in [1.165, 1.54) is 28.9 Å². The minimum absolute atomic E-state index is 0.0337. The number of piperidine rings is 1. The maximum absolute atomic E-state index is 13.6. The quantitative estimate of drug-likeness (QED) is 0.599. The summed E-state index contributed by atoms with van der Waals surface area (Å²) in [6.45, 7) is 3.18. The third-order valence-electron chi connectivity index (χ3n) is 5.40. The Balaban J connectivity index is 1.52. The van der Waals surface area contributed by atoms with Gasteiger partial charge in [-0.3, -0.25) is 9.59 Å². The third kappa shape index (κ3) is 4.85. The van der Waals surface area contributed by atoms with Gasteiger partial charge in [-0.2, -0.15) is 4.68 Å². The van der Waals surface area contributed by atoms with Gasteiger partial charge in [0.25, 0.3) is 5.56 Å². The first-order valence-corrected chi connectivity index (χ1v) is 10.9. The van der Waals surface area contributed by atoms with Crippen molar-refractivity contribution in [1.29, 1.82) is 0 Å². The molecule has 4 rings (SSSR count). The molecule has 2 heterocycles. The van der Waals surface area contributed by atoms with Crippen LogP contribution in [0.5, 0.6) is 0 Å². The molecule has 1 amide bonds. The van der Waals surface area contributed by atoms with Crippen molar-refractivity contribution in [2.75, 3.05) is 23.3 Å². The highest BCUT2D eigenvalue weighted by Gasteiger charge is 2.27. The van der Waals surface area contributed by atoms with Gasteiger partial charge in [0.15, 0.2) is 0 Å². The van der Waals surface area contributed by atoms with E-state index < -0.39 is 5.82 Å². The van der Waals surface area contributed by atoms with Gasteiger partial charge in [0.2, 0.25) is 5.91 Å². The predicted octanol–water partition coefficient (Wildman–Crippen LogP) is 4.30. The Kier molecular flexibility index (Phi) is 6.18. The van der Waals surface area contributed by atoms with E-state index in [2.05, 4.69) is 26.3 Å². The summed E-state index contributed by atoms with van der Waals surface area (Å²) in [6.07, 6.45) is 1.61. The average Bonchev–Trinajstić information content (AvgIpc) is 2.76. The molecule has 8 heteroatoms. The van der Waals surface area contributed by atoms with E-state index in [0.29, 0.717) is 18.1 Å². The summed E-state index contributed by atoms with van der Waals surface area (Å²) in [5.74, 6) is -0.0857. The lowest BCUT2D eigenvalue weighted by Crippen LogP contribution is -2.41. The molecule has 0 radical (unpaired) electrons. The summed E-state index contributed by atoms with van der Waals surface area (Å²) < 4.78 is 15.8. The van der Waals surface area contributed by atoms with Gasteiger partial charge in [-0.05, 0) is 67.8 Å². The molecule has 1 unspecified atom stereocenters. The fraction of sp³-hybridized carbons (Fsp3) is 0.261. The van der Waals surface area contributed by atoms with Gasteiger partial charge >= 0.3 is 0 Å². The van der Waals surface area contributed by atoms with Crippen LogP contribution in [0.25, 0.3) is 5.69 Å². The molecule has 1 atom stereocenters. The summed E-state index contributed by atoms with van der Waals surface area (Å²) >= 11 is 3.43. The maximum atomic E-state index is 13.6. The molecule has 1 aliphatic heterocycles. The largest absolute Gasteiger partial charge is 0.354 e. The van der Waals surface area contributed by atoms with Gasteiger partial charge in [0, 0.05) is 29.3 Å². The number of amides is 1. The highest BCUT2D eigenvalue weighted by atomic mass is 79.9. The first-order valence-electron chi connectivity index (χ1n) is 10.1. The Labute approximate surface area is 187 Å². The number of benzene rings is 2. The number of carbonyl (C=O) groups excluding carboxylic acids is 1. The molecule has 160 valence electrons. The number of aromatic nitrogens is 2. The van der Waals surface area contributed by atoms with Crippen molar-refractivity contribution in [3.63, 3.8) is 0 Å². The van der Waals surface area contributed by atoms with Crippen LogP contribution in [0, 0.1) is 18.7 Å². The van der Waals surface area contributed by atoms with Crippen molar-refractivity contribution in [3.05, 3.63) is 80.8 Å². The Morgan fingerprint density at radius 2 is 2.03 bits per heavy atom. The van der Waals surface area contributed by atoms with Crippen LogP contribution in [0.15, 0.2) is 63.9 Å². The van der Waals surface area contributed by atoms with Crippen LogP contribution in [0.1, 0.15) is 18.4 Å². The zero-order valence-corrected chi connectivity index (χ0v) is 18.6. The number of rotatable bonds is 4. The normalized spacial score (nSPS) is 16.2. The molecule has 6 nitrogen and oxygen atoms in total. The Morgan fingerprint density at radius 1 is 1.19 bits per heavy atom. The molecule has 0 saturated carbocycles. The lowest BCUT2D eigenvalue weighted by atomic mass is 9.97. The number of carbonyl (C=O) groups is 1. The molecular weight excluding hydrogens is 463 g/mol. The fourth-order valence-corrected chi connectivity index (χ4v) is 4.24. The number of nitrogens with zero attached hydrogens (tertiary/aromatic N) is 3. The van der Waals surface area contributed by atoms with E-state index in [1.54, 1.807) is 12.1 Å².